The van der Waals surface area contributed by atoms with Gasteiger partial charge in [0.2, 0.25) is 5.91 Å². The molecule has 0 spiro atoms. The molecule has 0 saturated carbocycles. The summed E-state index contributed by atoms with van der Waals surface area (Å²) in [5, 5.41) is 0. The van der Waals surface area contributed by atoms with E-state index in [0.29, 0.717) is 12.2 Å². The lowest BCUT2D eigenvalue weighted by molar-refractivity contribution is -0.126. The Morgan fingerprint density at radius 2 is 2.13 bits per heavy atom. The van der Waals surface area contributed by atoms with Gasteiger partial charge >= 0.3 is 0 Å². The van der Waals surface area contributed by atoms with Crippen LogP contribution < -0.4 is 11.3 Å². The predicted molar refractivity (Wildman–Crippen MR) is 55.8 cm³/mol. The van der Waals surface area contributed by atoms with Gasteiger partial charge in [-0.1, -0.05) is 6.92 Å². The molecule has 15 heavy (non-hydrogen) atoms. The molecule has 2 fully saturated rings. The van der Waals surface area contributed by atoms with E-state index >= 15 is 0 Å². The summed E-state index contributed by atoms with van der Waals surface area (Å²) in [6.07, 6.45) is 3.10. The molecule has 1 amide bonds. The number of carbonyl (C=O) groups is 1. The van der Waals surface area contributed by atoms with Gasteiger partial charge in [-0.05, 0) is 12.8 Å². The molecular weight excluding hydrogens is 194 g/mol. The van der Waals surface area contributed by atoms with Gasteiger partial charge in [-0.3, -0.25) is 15.1 Å². The first-order chi connectivity index (χ1) is 7.19. The number of hydrogen-bond acceptors (Lipinski definition) is 4. The summed E-state index contributed by atoms with van der Waals surface area (Å²) in [6, 6.07) is 0. The summed E-state index contributed by atoms with van der Waals surface area (Å²) in [5.41, 5.74) is 2.20. The van der Waals surface area contributed by atoms with Crippen LogP contribution >= 0.6 is 0 Å². The van der Waals surface area contributed by atoms with Gasteiger partial charge in [-0.25, -0.2) is 5.84 Å². The van der Waals surface area contributed by atoms with Crippen molar-refractivity contribution in [2.75, 3.05) is 19.6 Å². The van der Waals surface area contributed by atoms with Crippen LogP contribution in [0, 0.1) is 5.92 Å². The Balaban J connectivity index is 1.82. The van der Waals surface area contributed by atoms with Crippen molar-refractivity contribution in [2.24, 2.45) is 11.8 Å². The lowest BCUT2D eigenvalue weighted by Gasteiger charge is -2.33. The maximum absolute atomic E-state index is 11.3. The zero-order valence-electron chi connectivity index (χ0n) is 9.11. The van der Waals surface area contributed by atoms with Gasteiger partial charge in [0.25, 0.3) is 0 Å². The van der Waals surface area contributed by atoms with Crippen LogP contribution in [0.2, 0.25) is 0 Å². The van der Waals surface area contributed by atoms with Crippen LogP contribution in [-0.2, 0) is 9.53 Å². The summed E-state index contributed by atoms with van der Waals surface area (Å²) in [6.45, 7) is 4.59. The molecule has 5 nitrogen and oxygen atoms in total. The second kappa shape index (κ2) is 4.47. The van der Waals surface area contributed by atoms with Gasteiger partial charge in [0.15, 0.2) is 0 Å². The third-order valence-corrected chi connectivity index (χ3v) is 3.24. The number of nitrogens with one attached hydrogen (secondary N) is 1. The van der Waals surface area contributed by atoms with Gasteiger partial charge in [-0.15, -0.1) is 0 Å². The molecule has 2 aliphatic rings. The van der Waals surface area contributed by atoms with Gasteiger partial charge in [-0.2, -0.15) is 0 Å². The summed E-state index contributed by atoms with van der Waals surface area (Å²) in [4.78, 5) is 13.6. The van der Waals surface area contributed by atoms with E-state index in [2.05, 4.69) is 10.3 Å². The second-order valence-electron chi connectivity index (χ2n) is 4.59. The van der Waals surface area contributed by atoms with Crippen LogP contribution in [-0.4, -0.2) is 42.6 Å². The van der Waals surface area contributed by atoms with Gasteiger partial charge in [0.05, 0.1) is 12.2 Å². The average Bonchev–Trinajstić information content (AvgIpc) is 2.57. The van der Waals surface area contributed by atoms with E-state index in [1.165, 1.54) is 12.8 Å². The van der Waals surface area contributed by atoms with Crippen molar-refractivity contribution in [3.05, 3.63) is 0 Å². The Morgan fingerprint density at radius 1 is 1.53 bits per heavy atom. The number of nitrogens with zero attached hydrogens (tertiary/aromatic N) is 1. The SMILES string of the molecule is CC(CN1CC2CCC(C1)O2)C(=O)NN. The van der Waals surface area contributed by atoms with Crippen molar-refractivity contribution in [3.8, 4) is 0 Å². The maximum atomic E-state index is 11.3. The van der Waals surface area contributed by atoms with Crippen molar-refractivity contribution in [3.63, 3.8) is 0 Å². The van der Waals surface area contributed by atoms with Crippen molar-refractivity contribution < 1.29 is 9.53 Å². The average molecular weight is 213 g/mol. The van der Waals surface area contributed by atoms with E-state index in [4.69, 9.17) is 10.6 Å². The minimum atomic E-state index is -0.0890. The molecule has 0 aromatic heterocycles. The Labute approximate surface area is 89.9 Å². The van der Waals surface area contributed by atoms with Crippen molar-refractivity contribution in [1.29, 1.82) is 0 Å². The molecule has 3 unspecified atom stereocenters. The number of hydrazine groups is 1. The van der Waals surface area contributed by atoms with Crippen LogP contribution in [0.15, 0.2) is 0 Å². The van der Waals surface area contributed by atoms with Gasteiger partial charge < -0.3 is 4.74 Å². The summed E-state index contributed by atoms with van der Waals surface area (Å²) < 4.78 is 5.73. The molecule has 2 aliphatic heterocycles. The minimum Gasteiger partial charge on any atom is -0.372 e. The Hall–Kier alpha value is -0.650. The number of amides is 1. The first-order valence-electron chi connectivity index (χ1n) is 5.57. The molecule has 3 atom stereocenters. The number of morpholine rings is 1. The molecule has 2 rings (SSSR count). The minimum absolute atomic E-state index is 0.0486. The van der Waals surface area contributed by atoms with Crippen LogP contribution in [0.5, 0.6) is 0 Å². The quantitative estimate of drug-likeness (QED) is 0.376. The number of fused-ring (bicyclic) bond motifs is 2. The predicted octanol–water partition coefficient (Wildman–Crippen LogP) is -0.524. The maximum Gasteiger partial charge on any atom is 0.237 e. The second-order valence-corrected chi connectivity index (χ2v) is 4.59. The highest BCUT2D eigenvalue weighted by atomic mass is 16.5. The highest BCUT2D eigenvalue weighted by Gasteiger charge is 2.34. The zero-order chi connectivity index (χ0) is 10.8. The first kappa shape index (κ1) is 10.9. The molecule has 5 heteroatoms. The number of ether oxygens (including phenoxy) is 1. The van der Waals surface area contributed by atoms with Crippen LogP contribution in [0.25, 0.3) is 0 Å². The highest BCUT2D eigenvalue weighted by molar-refractivity contribution is 5.77. The topological polar surface area (TPSA) is 67.6 Å². The molecule has 3 N–H and O–H groups in total. The standard InChI is InChI=1S/C10H19N3O2/c1-7(10(14)12-11)4-13-5-8-2-3-9(6-13)15-8/h7-9H,2-6,11H2,1H3,(H,12,14). The van der Waals surface area contributed by atoms with E-state index in [9.17, 15) is 4.79 Å². The molecule has 0 aromatic rings. The Bertz CT molecular complexity index is 235. The van der Waals surface area contributed by atoms with E-state index in [1.54, 1.807) is 0 Å². The number of rotatable bonds is 3. The normalized spacial score (nSPS) is 32.7. The zero-order valence-corrected chi connectivity index (χ0v) is 9.11. The summed E-state index contributed by atoms with van der Waals surface area (Å²) in [7, 11) is 0. The number of nitrogens with two attached hydrogens (primary N) is 1. The number of likely N-dealkylation sites (tertiary alicyclic amines) is 1. The van der Waals surface area contributed by atoms with Crippen LogP contribution in [0.3, 0.4) is 0 Å². The van der Waals surface area contributed by atoms with Crippen molar-refractivity contribution in [1.82, 2.24) is 10.3 Å². The molecular formula is C10H19N3O2. The summed E-state index contributed by atoms with van der Waals surface area (Å²) in [5.74, 6) is 4.96. The van der Waals surface area contributed by atoms with Crippen LogP contribution in [0.4, 0.5) is 0 Å². The third kappa shape index (κ3) is 2.48. The largest absolute Gasteiger partial charge is 0.372 e. The van der Waals surface area contributed by atoms with Crippen molar-refractivity contribution in [2.45, 2.75) is 32.0 Å². The Kier molecular flexibility index (Phi) is 3.23. The summed E-state index contributed by atoms with van der Waals surface area (Å²) >= 11 is 0. The monoisotopic (exact) mass is 213 g/mol. The van der Waals surface area contributed by atoms with Gasteiger partial charge in [0, 0.05) is 25.6 Å². The molecule has 2 heterocycles. The van der Waals surface area contributed by atoms with E-state index < -0.39 is 0 Å². The fraction of sp³-hybridized carbons (Fsp3) is 0.900. The number of carbonyl (C=O) groups excluding carboxylic acids is 1. The highest BCUT2D eigenvalue weighted by Crippen LogP contribution is 2.26. The smallest absolute Gasteiger partial charge is 0.237 e. The fourth-order valence-electron chi connectivity index (χ4n) is 2.46. The number of hydrogen-bond donors (Lipinski definition) is 2. The molecule has 0 aromatic carbocycles. The Morgan fingerprint density at radius 3 is 2.67 bits per heavy atom. The van der Waals surface area contributed by atoms with E-state index in [-0.39, 0.29) is 11.8 Å². The molecule has 0 radical (unpaired) electrons. The molecule has 2 bridgehead atoms. The first-order valence-corrected chi connectivity index (χ1v) is 5.57. The van der Waals surface area contributed by atoms with E-state index in [1.807, 2.05) is 6.92 Å². The molecule has 86 valence electrons. The van der Waals surface area contributed by atoms with Crippen LogP contribution in [0.1, 0.15) is 19.8 Å². The molecule has 2 saturated heterocycles. The van der Waals surface area contributed by atoms with Crippen molar-refractivity contribution >= 4 is 5.91 Å². The lowest BCUT2D eigenvalue weighted by Crippen LogP contribution is -2.47. The molecule has 0 aliphatic carbocycles. The third-order valence-electron chi connectivity index (χ3n) is 3.24. The lowest BCUT2D eigenvalue weighted by atomic mass is 10.1. The fourth-order valence-corrected chi connectivity index (χ4v) is 2.46. The van der Waals surface area contributed by atoms with E-state index in [0.717, 1.165) is 19.6 Å². The van der Waals surface area contributed by atoms with Gasteiger partial charge in [0.1, 0.15) is 0 Å².